The number of hydrogen-bond acceptors (Lipinski definition) is 6. The summed E-state index contributed by atoms with van der Waals surface area (Å²) in [5, 5.41) is 8.71. The summed E-state index contributed by atoms with van der Waals surface area (Å²) in [4.78, 5) is 12.4. The van der Waals surface area contributed by atoms with E-state index in [4.69, 9.17) is 20.8 Å². The number of ether oxygens (including phenoxy) is 1. The molecule has 0 N–H and O–H groups in total. The van der Waals surface area contributed by atoms with Crippen molar-refractivity contribution < 1.29 is 13.9 Å². The van der Waals surface area contributed by atoms with Crippen LogP contribution in [0.5, 0.6) is 5.75 Å². The van der Waals surface area contributed by atoms with Gasteiger partial charge in [0, 0.05) is 5.56 Å². The summed E-state index contributed by atoms with van der Waals surface area (Å²) in [6, 6.07) is 13.0. The molecule has 1 heterocycles. The monoisotopic (exact) mass is 388 g/mol. The van der Waals surface area contributed by atoms with E-state index in [9.17, 15) is 4.79 Å². The van der Waals surface area contributed by atoms with Crippen molar-refractivity contribution in [2.75, 3.05) is 5.75 Å². The van der Waals surface area contributed by atoms with Gasteiger partial charge in [0.2, 0.25) is 0 Å². The first-order chi connectivity index (χ1) is 12.5. The fourth-order valence-corrected chi connectivity index (χ4v) is 3.15. The number of rotatable bonds is 7. The molecule has 134 valence electrons. The van der Waals surface area contributed by atoms with Gasteiger partial charge in [0.05, 0.1) is 10.8 Å². The van der Waals surface area contributed by atoms with Gasteiger partial charge in [0.15, 0.2) is 12.4 Å². The molecule has 0 amide bonds. The van der Waals surface area contributed by atoms with Gasteiger partial charge in [-0.25, -0.2) is 0 Å². The van der Waals surface area contributed by atoms with Crippen LogP contribution in [0, 0.1) is 13.8 Å². The smallest absolute Gasteiger partial charge is 0.277 e. The lowest BCUT2D eigenvalue weighted by atomic mass is 10.0. The van der Waals surface area contributed by atoms with E-state index >= 15 is 0 Å². The molecule has 0 aliphatic rings. The molecule has 0 aliphatic heterocycles. The Balaban J connectivity index is 1.56. The van der Waals surface area contributed by atoms with Gasteiger partial charge in [-0.05, 0) is 37.6 Å². The number of aromatic nitrogens is 2. The number of Topliss-reactive ketones (excluding diaryl/α,β-unsaturated/α-hetero) is 1. The average molecular weight is 389 g/mol. The third-order valence-corrected chi connectivity index (χ3v) is 4.79. The molecule has 2 aromatic carbocycles. The number of halogens is 1. The van der Waals surface area contributed by atoms with E-state index in [1.165, 1.54) is 11.8 Å². The van der Waals surface area contributed by atoms with Gasteiger partial charge in [0.25, 0.3) is 11.1 Å². The number of hydrogen-bond donors (Lipinski definition) is 0. The number of thioether (sulfide) groups is 1. The lowest BCUT2D eigenvalue weighted by Crippen LogP contribution is -2.05. The third kappa shape index (κ3) is 4.65. The van der Waals surface area contributed by atoms with Gasteiger partial charge in [-0.15, -0.1) is 10.2 Å². The van der Waals surface area contributed by atoms with Crippen LogP contribution in [0.15, 0.2) is 52.1 Å². The predicted molar refractivity (Wildman–Crippen MR) is 101 cm³/mol. The van der Waals surface area contributed by atoms with Crippen molar-refractivity contribution in [3.63, 3.8) is 0 Å². The normalized spacial score (nSPS) is 10.7. The first-order valence-electron chi connectivity index (χ1n) is 7.96. The Morgan fingerprint density at radius 2 is 2.00 bits per heavy atom. The highest BCUT2D eigenvalue weighted by Crippen LogP contribution is 2.25. The number of benzene rings is 2. The van der Waals surface area contributed by atoms with Crippen molar-refractivity contribution in [3.05, 3.63) is 70.1 Å². The van der Waals surface area contributed by atoms with Gasteiger partial charge >= 0.3 is 0 Å². The maximum absolute atomic E-state index is 12.4. The number of aryl methyl sites for hydroxylation is 2. The highest BCUT2D eigenvalue weighted by molar-refractivity contribution is 7.99. The summed E-state index contributed by atoms with van der Waals surface area (Å²) in [5.74, 6) is 1.14. The summed E-state index contributed by atoms with van der Waals surface area (Å²) in [5.41, 5.74) is 2.74. The number of carbonyl (C=O) groups is 1. The second-order valence-electron chi connectivity index (χ2n) is 5.71. The van der Waals surface area contributed by atoms with Crippen LogP contribution in [0.25, 0.3) is 0 Å². The number of para-hydroxylation sites is 1. The zero-order chi connectivity index (χ0) is 18.5. The first-order valence-corrected chi connectivity index (χ1v) is 9.32. The minimum atomic E-state index is 0.0308. The van der Waals surface area contributed by atoms with Crippen molar-refractivity contribution in [2.45, 2.75) is 25.7 Å². The van der Waals surface area contributed by atoms with Crippen LogP contribution in [0.3, 0.4) is 0 Å². The number of ketones is 1. The van der Waals surface area contributed by atoms with Gasteiger partial charge in [0.1, 0.15) is 5.75 Å². The van der Waals surface area contributed by atoms with Crippen LogP contribution in [0.1, 0.15) is 27.4 Å². The van der Waals surface area contributed by atoms with E-state index in [1.807, 2.05) is 44.2 Å². The molecular weight excluding hydrogens is 372 g/mol. The van der Waals surface area contributed by atoms with E-state index in [0.717, 1.165) is 16.7 Å². The topological polar surface area (TPSA) is 65.2 Å². The van der Waals surface area contributed by atoms with E-state index in [1.54, 1.807) is 12.1 Å². The molecule has 0 bridgehead atoms. The molecular formula is C19H17ClN2O3S. The lowest BCUT2D eigenvalue weighted by molar-refractivity contribution is 0.102. The molecule has 0 aliphatic carbocycles. The van der Waals surface area contributed by atoms with E-state index in [2.05, 4.69) is 10.2 Å². The quantitative estimate of drug-likeness (QED) is 0.424. The molecule has 26 heavy (non-hydrogen) atoms. The molecule has 0 unspecified atom stereocenters. The highest BCUT2D eigenvalue weighted by atomic mass is 35.5. The first kappa shape index (κ1) is 18.5. The fraction of sp³-hybridized carbons (Fsp3) is 0.211. The molecule has 3 rings (SSSR count). The standard InChI is InChI=1S/C19H17ClN2O3S/c1-12-7-8-13(2)14(9-12)16(23)11-26-19-22-21-18(25-19)10-24-17-6-4-3-5-15(17)20/h3-9H,10-11H2,1-2H3. The van der Waals surface area contributed by atoms with Gasteiger partial charge in [-0.1, -0.05) is 53.2 Å². The van der Waals surface area contributed by atoms with E-state index in [0.29, 0.717) is 21.9 Å². The summed E-state index contributed by atoms with van der Waals surface area (Å²) >= 11 is 7.24. The third-order valence-electron chi connectivity index (χ3n) is 3.66. The minimum absolute atomic E-state index is 0.0308. The average Bonchev–Trinajstić information content (AvgIpc) is 3.09. The molecule has 7 heteroatoms. The van der Waals surface area contributed by atoms with Crippen LogP contribution >= 0.6 is 23.4 Å². The van der Waals surface area contributed by atoms with Gasteiger partial charge in [-0.3, -0.25) is 4.79 Å². The van der Waals surface area contributed by atoms with Crippen molar-refractivity contribution in [1.82, 2.24) is 10.2 Å². The molecule has 0 fully saturated rings. The van der Waals surface area contributed by atoms with Gasteiger partial charge < -0.3 is 9.15 Å². The molecule has 3 aromatic rings. The lowest BCUT2D eigenvalue weighted by Gasteiger charge is -2.05. The largest absolute Gasteiger partial charge is 0.482 e. The summed E-state index contributed by atoms with van der Waals surface area (Å²) in [7, 11) is 0. The van der Waals surface area contributed by atoms with E-state index in [-0.39, 0.29) is 18.1 Å². The van der Waals surface area contributed by atoms with Crippen molar-refractivity contribution >= 4 is 29.1 Å². The summed E-state index contributed by atoms with van der Waals surface area (Å²) in [6.07, 6.45) is 0. The van der Waals surface area contributed by atoms with Crippen LogP contribution in [0.4, 0.5) is 0 Å². The second-order valence-corrected chi connectivity index (χ2v) is 7.04. The zero-order valence-electron chi connectivity index (χ0n) is 14.4. The van der Waals surface area contributed by atoms with Crippen molar-refractivity contribution in [1.29, 1.82) is 0 Å². The molecule has 0 saturated carbocycles. The van der Waals surface area contributed by atoms with Crippen LogP contribution in [-0.2, 0) is 6.61 Å². The number of carbonyl (C=O) groups excluding carboxylic acids is 1. The Bertz CT molecular complexity index is 927. The fourth-order valence-electron chi connectivity index (χ4n) is 2.30. The number of nitrogens with zero attached hydrogens (tertiary/aromatic N) is 2. The van der Waals surface area contributed by atoms with E-state index < -0.39 is 0 Å². The maximum atomic E-state index is 12.4. The zero-order valence-corrected chi connectivity index (χ0v) is 15.9. The minimum Gasteiger partial charge on any atom is -0.482 e. The Morgan fingerprint density at radius 3 is 2.81 bits per heavy atom. The summed E-state index contributed by atoms with van der Waals surface area (Å²) in [6.45, 7) is 4.00. The van der Waals surface area contributed by atoms with Crippen molar-refractivity contribution in [2.24, 2.45) is 0 Å². The molecule has 0 radical (unpaired) electrons. The Morgan fingerprint density at radius 1 is 1.19 bits per heavy atom. The second kappa shape index (κ2) is 8.38. The van der Waals surface area contributed by atoms with Crippen LogP contribution in [-0.4, -0.2) is 21.7 Å². The Labute approximate surface area is 160 Å². The Kier molecular flexibility index (Phi) is 5.96. The SMILES string of the molecule is Cc1ccc(C)c(C(=O)CSc2nnc(COc3ccccc3Cl)o2)c1. The summed E-state index contributed by atoms with van der Waals surface area (Å²) < 4.78 is 11.1. The predicted octanol–water partition coefficient (Wildman–Crippen LogP) is 4.89. The molecule has 5 nitrogen and oxygen atoms in total. The van der Waals surface area contributed by atoms with Crippen LogP contribution in [0.2, 0.25) is 5.02 Å². The molecule has 1 aromatic heterocycles. The molecule has 0 atom stereocenters. The molecule has 0 spiro atoms. The van der Waals surface area contributed by atoms with Crippen LogP contribution < -0.4 is 4.74 Å². The van der Waals surface area contributed by atoms with Gasteiger partial charge in [-0.2, -0.15) is 0 Å². The van der Waals surface area contributed by atoms with Crippen molar-refractivity contribution in [3.8, 4) is 5.75 Å². The highest BCUT2D eigenvalue weighted by Gasteiger charge is 2.14. The molecule has 0 saturated heterocycles. The Hall–Kier alpha value is -2.31. The maximum Gasteiger partial charge on any atom is 0.277 e.